The fraction of sp³-hybridized carbons (Fsp3) is 0.731. The van der Waals surface area contributed by atoms with E-state index < -0.39 is 16.1 Å². The second-order valence-electron chi connectivity index (χ2n) is 12.6. The smallest absolute Gasteiger partial charge is 0.308 e. The lowest BCUT2D eigenvalue weighted by Gasteiger charge is -2.29. The van der Waals surface area contributed by atoms with Crippen LogP contribution in [0.15, 0.2) is 12.3 Å². The van der Waals surface area contributed by atoms with Crippen molar-refractivity contribution in [1.82, 2.24) is 14.6 Å². The summed E-state index contributed by atoms with van der Waals surface area (Å²) in [7, 11) is -0.886. The minimum atomic E-state index is -1.18. The normalized spacial score (nSPS) is 18.8. The Kier molecular flexibility index (Phi) is 11.0. The molecule has 3 rings (SSSR count). The Bertz CT molecular complexity index is 1010. The predicted molar refractivity (Wildman–Crippen MR) is 163 cm³/mol. The third-order valence-electron chi connectivity index (χ3n) is 6.92. The number of carbonyl (C=O) groups is 1. The molecule has 2 aromatic heterocycles. The predicted octanol–water partition coefficient (Wildman–Crippen LogP) is 6.21. The van der Waals surface area contributed by atoms with Crippen LogP contribution >= 0.6 is 22.6 Å². The molecule has 0 aliphatic heterocycles. The van der Waals surface area contributed by atoms with Gasteiger partial charge in [0.2, 0.25) is 0 Å². The quantitative estimate of drug-likeness (QED) is 0.0832. The summed E-state index contributed by atoms with van der Waals surface area (Å²) in [6.07, 6.45) is 5.37. The van der Waals surface area contributed by atoms with Gasteiger partial charge in [-0.25, -0.2) is 4.98 Å². The molecule has 0 N–H and O–H groups in total. The summed E-state index contributed by atoms with van der Waals surface area (Å²) in [4.78, 5) is 19.2. The van der Waals surface area contributed by atoms with Gasteiger partial charge in [0.15, 0.2) is 5.65 Å². The number of methoxy groups -OCH3 is 1. The molecule has 0 amide bonds. The maximum atomic E-state index is 12.0. The molecule has 37 heavy (non-hydrogen) atoms. The Morgan fingerprint density at radius 3 is 2.11 bits per heavy atom. The van der Waals surface area contributed by atoms with Crippen LogP contribution in [0.4, 0.5) is 5.82 Å². The van der Waals surface area contributed by atoms with Crippen molar-refractivity contribution in [2.45, 2.75) is 83.0 Å². The molecule has 0 bridgehead atoms. The van der Waals surface area contributed by atoms with Crippen molar-refractivity contribution in [1.29, 1.82) is 0 Å². The van der Waals surface area contributed by atoms with Gasteiger partial charge in [0.05, 0.1) is 22.8 Å². The molecule has 1 aliphatic rings. The topological polar surface area (TPSA) is 78.2 Å². The molecular formula is C26H45IN4O4Si2. The summed E-state index contributed by atoms with van der Waals surface area (Å²) in [5, 5.41) is 4.65. The molecule has 0 saturated heterocycles. The number of hydrogen-bond acceptors (Lipinski definition) is 7. The first-order chi connectivity index (χ1) is 17.4. The van der Waals surface area contributed by atoms with E-state index >= 15 is 0 Å². The summed E-state index contributed by atoms with van der Waals surface area (Å²) >= 11 is 2.31. The first-order valence-corrected chi connectivity index (χ1v) is 21.9. The zero-order valence-electron chi connectivity index (χ0n) is 23.7. The second kappa shape index (κ2) is 13.4. The highest BCUT2D eigenvalue weighted by molar-refractivity contribution is 14.1. The monoisotopic (exact) mass is 660 g/mol. The number of hydrogen-bond donors (Lipinski definition) is 0. The summed E-state index contributed by atoms with van der Waals surface area (Å²) in [5.74, 6) is 1.15. The maximum Gasteiger partial charge on any atom is 0.308 e. The van der Waals surface area contributed by atoms with E-state index in [-0.39, 0.29) is 11.9 Å². The fourth-order valence-corrected chi connectivity index (χ4v) is 6.43. The van der Waals surface area contributed by atoms with Crippen molar-refractivity contribution in [3.8, 4) is 0 Å². The van der Waals surface area contributed by atoms with Gasteiger partial charge in [0, 0.05) is 47.0 Å². The molecule has 1 saturated carbocycles. The van der Waals surface area contributed by atoms with E-state index in [2.05, 4.69) is 77.9 Å². The largest absolute Gasteiger partial charge is 0.469 e. The number of ether oxygens (including phenoxy) is 3. The van der Waals surface area contributed by atoms with E-state index in [0.717, 1.165) is 71.7 Å². The fourth-order valence-electron chi connectivity index (χ4n) is 4.44. The van der Waals surface area contributed by atoms with Gasteiger partial charge in [0.25, 0.3) is 0 Å². The van der Waals surface area contributed by atoms with E-state index in [1.54, 1.807) is 0 Å². The highest BCUT2D eigenvalue weighted by atomic mass is 127. The Labute approximate surface area is 238 Å². The van der Waals surface area contributed by atoms with E-state index in [9.17, 15) is 4.79 Å². The van der Waals surface area contributed by atoms with Crippen molar-refractivity contribution >= 4 is 56.2 Å². The molecule has 8 nitrogen and oxygen atoms in total. The molecule has 2 heterocycles. The number of nitrogens with zero attached hydrogens (tertiary/aromatic N) is 4. The molecule has 0 atom stereocenters. The first-order valence-electron chi connectivity index (χ1n) is 13.4. The van der Waals surface area contributed by atoms with Gasteiger partial charge in [-0.2, -0.15) is 9.61 Å². The lowest BCUT2D eigenvalue weighted by Crippen LogP contribution is -2.33. The number of anilines is 1. The van der Waals surface area contributed by atoms with E-state index in [1.807, 2.05) is 10.7 Å². The Hall–Kier alpha value is -1.03. The van der Waals surface area contributed by atoms with Crippen LogP contribution in [-0.4, -0.2) is 70.5 Å². The number of carbonyl (C=O) groups excluding carboxylic acids is 1. The van der Waals surface area contributed by atoms with Crippen LogP contribution in [0.1, 0.15) is 37.3 Å². The number of fused-ring (bicyclic) bond motifs is 1. The van der Waals surface area contributed by atoms with Crippen LogP contribution < -0.4 is 4.90 Å². The van der Waals surface area contributed by atoms with Crippen molar-refractivity contribution < 1.29 is 19.0 Å². The second-order valence-corrected chi connectivity index (χ2v) is 25.0. The van der Waals surface area contributed by atoms with Gasteiger partial charge < -0.3 is 19.1 Å². The zero-order chi connectivity index (χ0) is 27.2. The third kappa shape index (κ3) is 9.29. The van der Waals surface area contributed by atoms with Crippen LogP contribution in [0.25, 0.3) is 5.65 Å². The lowest BCUT2D eigenvalue weighted by molar-refractivity contribution is -0.146. The molecule has 2 aromatic rings. The van der Waals surface area contributed by atoms with Gasteiger partial charge in [-0.15, -0.1) is 0 Å². The summed E-state index contributed by atoms with van der Waals surface area (Å²) < 4.78 is 20.3. The molecule has 11 heteroatoms. The number of aromatic nitrogens is 3. The van der Waals surface area contributed by atoms with Crippen molar-refractivity contribution in [3.05, 3.63) is 21.5 Å². The van der Waals surface area contributed by atoms with E-state index in [1.165, 1.54) is 7.11 Å². The van der Waals surface area contributed by atoms with Crippen LogP contribution in [0.3, 0.4) is 0 Å². The molecule has 0 unspecified atom stereocenters. The first kappa shape index (κ1) is 30.5. The Morgan fingerprint density at radius 1 is 1.03 bits per heavy atom. The van der Waals surface area contributed by atoms with Crippen LogP contribution in [0.5, 0.6) is 0 Å². The van der Waals surface area contributed by atoms with Crippen molar-refractivity contribution in [2.24, 2.45) is 5.92 Å². The Morgan fingerprint density at radius 2 is 1.59 bits per heavy atom. The Balaban J connectivity index is 1.83. The van der Waals surface area contributed by atoms with Crippen molar-refractivity contribution in [2.75, 3.05) is 38.7 Å². The van der Waals surface area contributed by atoms with Gasteiger partial charge in [-0.1, -0.05) is 39.3 Å². The summed E-state index contributed by atoms with van der Waals surface area (Å²) in [5.41, 5.74) is 1.91. The number of rotatable bonds is 13. The molecule has 1 aliphatic carbocycles. The lowest BCUT2D eigenvalue weighted by atomic mass is 9.80. The molecule has 1 fully saturated rings. The van der Waals surface area contributed by atoms with Crippen LogP contribution in [0.2, 0.25) is 51.4 Å². The zero-order valence-corrected chi connectivity index (χ0v) is 27.8. The van der Waals surface area contributed by atoms with Crippen molar-refractivity contribution in [3.63, 3.8) is 0 Å². The van der Waals surface area contributed by atoms with Crippen LogP contribution in [0, 0.1) is 9.49 Å². The highest BCUT2D eigenvalue weighted by Crippen LogP contribution is 2.37. The van der Waals surface area contributed by atoms with Crippen LogP contribution in [-0.2, 0) is 19.0 Å². The van der Waals surface area contributed by atoms with Gasteiger partial charge in [-0.05, 0) is 60.4 Å². The van der Waals surface area contributed by atoms with Gasteiger partial charge in [-0.3, -0.25) is 4.79 Å². The average molecular weight is 661 g/mol. The SMILES string of the molecule is COC(=O)C1CCC(c2cc(N(COCC[Si](C)(C)C)COCC[Si](C)(C)C)n3ncc(I)c3n2)CC1. The van der Waals surface area contributed by atoms with E-state index in [4.69, 9.17) is 19.2 Å². The summed E-state index contributed by atoms with van der Waals surface area (Å²) in [6, 6.07) is 4.40. The molecular weight excluding hydrogens is 615 g/mol. The summed E-state index contributed by atoms with van der Waals surface area (Å²) in [6.45, 7) is 16.6. The number of halogens is 1. The molecule has 208 valence electrons. The van der Waals surface area contributed by atoms with Gasteiger partial charge in [0.1, 0.15) is 19.3 Å². The molecule has 0 radical (unpaired) electrons. The minimum Gasteiger partial charge on any atom is -0.469 e. The maximum absolute atomic E-state index is 12.0. The molecule has 0 aromatic carbocycles. The highest BCUT2D eigenvalue weighted by Gasteiger charge is 2.29. The molecule has 0 spiro atoms. The minimum absolute atomic E-state index is 0.00409. The average Bonchev–Trinajstić information content (AvgIpc) is 3.21. The standard InChI is InChI=1S/C26H45IN4O4Si2/c1-33-26(32)21-10-8-20(9-11-21)23-16-24(31-25(29-23)22(27)17-28-31)30(18-34-12-14-36(2,3)4)19-35-13-15-37(5,6)7/h16-17,20-21H,8-15,18-19H2,1-7H3. The van der Waals surface area contributed by atoms with Gasteiger partial charge >= 0.3 is 5.97 Å². The third-order valence-corrected chi connectivity index (χ3v) is 11.1. The number of esters is 1. The van der Waals surface area contributed by atoms with E-state index in [0.29, 0.717) is 19.4 Å².